The highest BCUT2D eigenvalue weighted by Crippen LogP contribution is 2.32. The zero-order valence-corrected chi connectivity index (χ0v) is 9.33. The summed E-state index contributed by atoms with van der Waals surface area (Å²) in [7, 11) is 0. The third kappa shape index (κ3) is 1.83. The van der Waals surface area contributed by atoms with Gasteiger partial charge < -0.3 is 4.90 Å². The maximum atomic E-state index is 7.04. The molecular weight excluding hydrogens is 184 g/mol. The average molecular weight is 200 g/mol. The minimum atomic E-state index is 0.519. The molecule has 1 aliphatic heterocycles. The van der Waals surface area contributed by atoms with Crippen molar-refractivity contribution in [2.75, 3.05) is 11.4 Å². The lowest BCUT2D eigenvalue weighted by Gasteiger charge is -2.35. The van der Waals surface area contributed by atoms with Crippen molar-refractivity contribution < 1.29 is 0 Å². The summed E-state index contributed by atoms with van der Waals surface area (Å²) in [5.74, 6) is 0. The quantitative estimate of drug-likeness (QED) is 0.630. The lowest BCUT2D eigenvalue weighted by molar-refractivity contribution is 0.626. The number of nitrogens with zero attached hydrogens (tertiary/aromatic N) is 2. The summed E-state index contributed by atoms with van der Waals surface area (Å²) in [6.07, 6.45) is 2.37. The highest BCUT2D eigenvalue weighted by Gasteiger charge is 2.18. The molecule has 78 valence electrons. The zero-order valence-electron chi connectivity index (χ0n) is 9.33. The van der Waals surface area contributed by atoms with Crippen LogP contribution in [-0.4, -0.2) is 12.6 Å². The van der Waals surface area contributed by atoms with Crippen molar-refractivity contribution in [1.29, 1.82) is 0 Å². The van der Waals surface area contributed by atoms with E-state index in [1.807, 2.05) is 12.1 Å². The Kier molecular flexibility index (Phi) is 2.64. The molecule has 1 aromatic rings. The summed E-state index contributed by atoms with van der Waals surface area (Å²) in [4.78, 5) is 5.89. The Labute approximate surface area is 91.3 Å². The Hall–Kier alpha value is -1.49. The lowest BCUT2D eigenvalue weighted by atomic mass is 10.00. The number of hydrogen-bond acceptors (Lipinski definition) is 1. The van der Waals surface area contributed by atoms with Gasteiger partial charge in [-0.05, 0) is 38.3 Å². The van der Waals surface area contributed by atoms with Crippen LogP contribution in [0.4, 0.5) is 11.4 Å². The van der Waals surface area contributed by atoms with Gasteiger partial charge in [-0.1, -0.05) is 12.1 Å². The molecule has 2 rings (SSSR count). The second-order valence-corrected chi connectivity index (χ2v) is 4.32. The highest BCUT2D eigenvalue weighted by atomic mass is 15.2. The third-order valence-electron chi connectivity index (χ3n) is 2.98. The molecule has 0 bridgehead atoms. The normalized spacial score (nSPS) is 14.9. The van der Waals surface area contributed by atoms with E-state index in [4.69, 9.17) is 6.57 Å². The molecular formula is C13H16N2. The van der Waals surface area contributed by atoms with Gasteiger partial charge in [0.1, 0.15) is 0 Å². The monoisotopic (exact) mass is 200 g/mol. The van der Waals surface area contributed by atoms with Crippen LogP contribution < -0.4 is 4.90 Å². The molecule has 0 spiro atoms. The van der Waals surface area contributed by atoms with Gasteiger partial charge in [0.2, 0.25) is 0 Å². The molecule has 1 aliphatic rings. The number of benzene rings is 1. The van der Waals surface area contributed by atoms with E-state index < -0.39 is 0 Å². The predicted molar refractivity (Wildman–Crippen MR) is 63.5 cm³/mol. The Morgan fingerprint density at radius 3 is 2.87 bits per heavy atom. The van der Waals surface area contributed by atoms with Gasteiger partial charge in [0, 0.05) is 18.3 Å². The number of rotatable bonds is 1. The molecule has 0 N–H and O–H groups in total. The highest BCUT2D eigenvalue weighted by molar-refractivity contribution is 5.64. The van der Waals surface area contributed by atoms with Crippen molar-refractivity contribution >= 4 is 11.4 Å². The van der Waals surface area contributed by atoms with Gasteiger partial charge in [-0.25, -0.2) is 4.85 Å². The van der Waals surface area contributed by atoms with Crippen molar-refractivity contribution in [1.82, 2.24) is 0 Å². The molecule has 0 saturated carbocycles. The second-order valence-electron chi connectivity index (χ2n) is 4.32. The molecule has 2 nitrogen and oxygen atoms in total. The van der Waals surface area contributed by atoms with E-state index in [0.29, 0.717) is 6.04 Å². The third-order valence-corrected chi connectivity index (χ3v) is 2.98. The fourth-order valence-corrected chi connectivity index (χ4v) is 2.20. The van der Waals surface area contributed by atoms with Crippen molar-refractivity contribution in [3.05, 3.63) is 35.2 Å². The zero-order chi connectivity index (χ0) is 10.8. The molecule has 0 radical (unpaired) electrons. The first-order valence-electron chi connectivity index (χ1n) is 5.49. The lowest BCUT2D eigenvalue weighted by Crippen LogP contribution is -2.35. The standard InChI is InChI=1S/C13H16N2/c1-10(2)15-8-4-5-11-6-7-12(14-3)9-13(11)15/h6-7,9-10H,4-5,8H2,1-2H3. The topological polar surface area (TPSA) is 7.60 Å². The molecule has 0 fully saturated rings. The van der Waals surface area contributed by atoms with Gasteiger partial charge in [-0.2, -0.15) is 0 Å². The fourth-order valence-electron chi connectivity index (χ4n) is 2.20. The minimum absolute atomic E-state index is 0.519. The summed E-state index contributed by atoms with van der Waals surface area (Å²) in [6, 6.07) is 6.58. The Bertz CT molecular complexity index is 401. The Balaban J connectivity index is 2.45. The Morgan fingerprint density at radius 2 is 2.20 bits per heavy atom. The van der Waals surface area contributed by atoms with E-state index >= 15 is 0 Å². The van der Waals surface area contributed by atoms with Crippen LogP contribution in [0.3, 0.4) is 0 Å². The largest absolute Gasteiger partial charge is 0.370 e. The van der Waals surface area contributed by atoms with E-state index in [2.05, 4.69) is 29.7 Å². The summed E-state index contributed by atoms with van der Waals surface area (Å²) < 4.78 is 0. The van der Waals surface area contributed by atoms with Crippen LogP contribution in [0.2, 0.25) is 0 Å². The smallest absolute Gasteiger partial charge is 0.189 e. The summed E-state index contributed by atoms with van der Waals surface area (Å²) >= 11 is 0. The summed E-state index contributed by atoms with van der Waals surface area (Å²) in [6.45, 7) is 12.6. The van der Waals surface area contributed by atoms with Crippen LogP contribution in [0.25, 0.3) is 4.85 Å². The van der Waals surface area contributed by atoms with Gasteiger partial charge in [0.25, 0.3) is 0 Å². The van der Waals surface area contributed by atoms with E-state index in [9.17, 15) is 0 Å². The first-order valence-corrected chi connectivity index (χ1v) is 5.49. The van der Waals surface area contributed by atoms with Crippen molar-refractivity contribution in [2.24, 2.45) is 0 Å². The van der Waals surface area contributed by atoms with E-state index in [0.717, 1.165) is 18.7 Å². The predicted octanol–water partition coefficient (Wildman–Crippen LogP) is 3.40. The van der Waals surface area contributed by atoms with Crippen LogP contribution in [0.5, 0.6) is 0 Å². The number of aryl methyl sites for hydroxylation is 1. The summed E-state index contributed by atoms with van der Waals surface area (Å²) in [5, 5.41) is 0. The van der Waals surface area contributed by atoms with Gasteiger partial charge >= 0.3 is 0 Å². The van der Waals surface area contributed by atoms with Crippen LogP contribution in [-0.2, 0) is 6.42 Å². The minimum Gasteiger partial charge on any atom is -0.370 e. The molecule has 1 heterocycles. The summed E-state index contributed by atoms with van der Waals surface area (Å²) in [5.41, 5.74) is 3.41. The maximum Gasteiger partial charge on any atom is 0.189 e. The van der Waals surface area contributed by atoms with Gasteiger partial charge in [0.15, 0.2) is 5.69 Å². The van der Waals surface area contributed by atoms with Gasteiger partial charge in [0.05, 0.1) is 6.57 Å². The second kappa shape index (κ2) is 3.94. The van der Waals surface area contributed by atoms with Crippen molar-refractivity contribution in [2.45, 2.75) is 32.7 Å². The van der Waals surface area contributed by atoms with Crippen LogP contribution in [0.1, 0.15) is 25.8 Å². The molecule has 2 heteroatoms. The molecule has 1 aromatic carbocycles. The van der Waals surface area contributed by atoms with Crippen molar-refractivity contribution in [3.63, 3.8) is 0 Å². The van der Waals surface area contributed by atoms with Gasteiger partial charge in [-0.3, -0.25) is 0 Å². The van der Waals surface area contributed by atoms with Crippen molar-refractivity contribution in [3.8, 4) is 0 Å². The van der Waals surface area contributed by atoms with Crippen LogP contribution in [0, 0.1) is 6.57 Å². The SMILES string of the molecule is [C-]#[N+]c1ccc2c(c1)N(C(C)C)CCC2. The maximum absolute atomic E-state index is 7.04. The molecule has 0 aromatic heterocycles. The molecule has 0 unspecified atom stereocenters. The van der Waals surface area contributed by atoms with Crippen LogP contribution in [0.15, 0.2) is 18.2 Å². The van der Waals surface area contributed by atoms with Crippen LogP contribution >= 0.6 is 0 Å². The molecule has 0 saturated heterocycles. The molecule has 0 aliphatic carbocycles. The first kappa shape index (κ1) is 10.0. The van der Waals surface area contributed by atoms with E-state index in [-0.39, 0.29) is 0 Å². The molecule has 0 atom stereocenters. The fraction of sp³-hybridized carbons (Fsp3) is 0.462. The van der Waals surface area contributed by atoms with Gasteiger partial charge in [-0.15, -0.1) is 0 Å². The molecule has 15 heavy (non-hydrogen) atoms. The number of fused-ring (bicyclic) bond motifs is 1. The first-order chi connectivity index (χ1) is 7.22. The number of anilines is 1. The number of hydrogen-bond donors (Lipinski definition) is 0. The van der Waals surface area contributed by atoms with E-state index in [1.165, 1.54) is 17.7 Å². The average Bonchev–Trinajstić information content (AvgIpc) is 2.27. The molecule has 0 amide bonds. The Morgan fingerprint density at radius 1 is 1.40 bits per heavy atom. The van der Waals surface area contributed by atoms with E-state index in [1.54, 1.807) is 0 Å².